The largest absolute Gasteiger partial charge is 0.464 e. The summed E-state index contributed by atoms with van der Waals surface area (Å²) in [5.74, 6) is -2.16. The molecule has 0 aromatic heterocycles. The molecule has 3 aromatic carbocycles. The maximum atomic E-state index is 14.4. The van der Waals surface area contributed by atoms with Crippen molar-refractivity contribution in [3.05, 3.63) is 100 Å². The van der Waals surface area contributed by atoms with Crippen LogP contribution in [0, 0.1) is 6.92 Å². The average molecular weight is 603 g/mol. The lowest BCUT2D eigenvalue weighted by Gasteiger charge is -2.36. The molecule has 200 valence electrons. The van der Waals surface area contributed by atoms with Crippen LogP contribution in [0.1, 0.15) is 42.9 Å². The highest BCUT2D eigenvalue weighted by atomic mass is 79.9. The van der Waals surface area contributed by atoms with E-state index in [0.717, 1.165) is 14.3 Å². The average Bonchev–Trinajstić information content (AvgIpc) is 3.28. The lowest BCUT2D eigenvalue weighted by Crippen LogP contribution is -2.62. The van der Waals surface area contributed by atoms with Crippen LogP contribution < -0.4 is 0 Å². The summed E-state index contributed by atoms with van der Waals surface area (Å²) in [6, 6.07) is 21.5. The van der Waals surface area contributed by atoms with E-state index in [-0.39, 0.29) is 18.1 Å². The topological polar surface area (TPSA) is 99.2 Å². The molecule has 38 heavy (non-hydrogen) atoms. The van der Waals surface area contributed by atoms with Crippen molar-refractivity contribution in [1.29, 1.82) is 0 Å². The van der Waals surface area contributed by atoms with Gasteiger partial charge in [-0.3, -0.25) is 0 Å². The summed E-state index contributed by atoms with van der Waals surface area (Å²) in [7, 11) is -4.54. The van der Waals surface area contributed by atoms with Crippen LogP contribution in [-0.2, 0) is 33.8 Å². The van der Waals surface area contributed by atoms with Gasteiger partial charge < -0.3 is 14.2 Å². The number of benzene rings is 3. The van der Waals surface area contributed by atoms with E-state index in [9.17, 15) is 18.0 Å². The molecule has 10 heteroatoms. The third kappa shape index (κ3) is 4.89. The Morgan fingerprint density at radius 2 is 1.42 bits per heavy atom. The van der Waals surface area contributed by atoms with Gasteiger partial charge in [-0.05, 0) is 56.2 Å². The van der Waals surface area contributed by atoms with E-state index in [0.29, 0.717) is 11.1 Å². The number of carbonyl (C=O) groups excluding carboxylic acids is 2. The minimum Gasteiger partial charge on any atom is -0.464 e. The Kier molecular flexibility index (Phi) is 8.37. The predicted molar refractivity (Wildman–Crippen MR) is 143 cm³/mol. The highest BCUT2D eigenvalue weighted by molar-refractivity contribution is 9.10. The Morgan fingerprint density at radius 1 is 0.868 bits per heavy atom. The molecule has 8 nitrogen and oxygen atoms in total. The van der Waals surface area contributed by atoms with Gasteiger partial charge in [0.2, 0.25) is 10.0 Å². The maximum absolute atomic E-state index is 14.4. The molecule has 0 N–H and O–H groups in total. The van der Waals surface area contributed by atoms with E-state index in [1.807, 2.05) is 6.92 Å². The minimum absolute atomic E-state index is 0.0944. The molecule has 3 aromatic rings. The number of rotatable bonds is 8. The fraction of sp³-hybridized carbons (Fsp3) is 0.286. The fourth-order valence-electron chi connectivity index (χ4n) is 4.47. The van der Waals surface area contributed by atoms with Crippen molar-refractivity contribution in [2.75, 3.05) is 13.2 Å². The van der Waals surface area contributed by atoms with Crippen LogP contribution in [0.3, 0.4) is 0 Å². The second-order valence-electron chi connectivity index (χ2n) is 8.65. The molecule has 1 aliphatic heterocycles. The van der Waals surface area contributed by atoms with E-state index in [1.54, 1.807) is 80.6 Å². The van der Waals surface area contributed by atoms with Crippen molar-refractivity contribution in [3.63, 3.8) is 0 Å². The van der Waals surface area contributed by atoms with Gasteiger partial charge >= 0.3 is 11.9 Å². The molecule has 0 spiro atoms. The molecule has 0 aliphatic carbocycles. The van der Waals surface area contributed by atoms with Gasteiger partial charge in [0.1, 0.15) is 6.10 Å². The summed E-state index contributed by atoms with van der Waals surface area (Å²) in [6.45, 7) is 4.79. The first kappa shape index (κ1) is 28.0. The zero-order valence-electron chi connectivity index (χ0n) is 21.2. The number of ether oxygens (including phenoxy) is 3. The van der Waals surface area contributed by atoms with Gasteiger partial charge in [0.05, 0.1) is 18.1 Å². The minimum atomic E-state index is -4.54. The van der Waals surface area contributed by atoms with Crippen LogP contribution in [0.25, 0.3) is 0 Å². The van der Waals surface area contributed by atoms with Gasteiger partial charge in [-0.1, -0.05) is 76.1 Å². The normalized spacial score (nSPS) is 19.2. The quantitative estimate of drug-likeness (QED) is 0.262. The summed E-state index contributed by atoms with van der Waals surface area (Å²) in [5.41, 5.74) is -0.831. The van der Waals surface area contributed by atoms with Gasteiger partial charge in [-0.15, -0.1) is 4.31 Å². The van der Waals surface area contributed by atoms with E-state index in [2.05, 4.69) is 15.9 Å². The molecule has 0 amide bonds. The first-order valence-corrected chi connectivity index (χ1v) is 14.3. The van der Waals surface area contributed by atoms with E-state index in [1.165, 1.54) is 12.1 Å². The van der Waals surface area contributed by atoms with Crippen LogP contribution in [-0.4, -0.2) is 43.4 Å². The van der Waals surface area contributed by atoms with Crippen molar-refractivity contribution >= 4 is 37.9 Å². The first-order chi connectivity index (χ1) is 18.2. The Bertz CT molecular complexity index is 1380. The van der Waals surface area contributed by atoms with Gasteiger partial charge in [0.25, 0.3) is 5.54 Å². The molecule has 1 aliphatic rings. The van der Waals surface area contributed by atoms with Crippen LogP contribution in [0.4, 0.5) is 0 Å². The molecule has 1 heterocycles. The van der Waals surface area contributed by atoms with E-state index >= 15 is 0 Å². The molecule has 0 unspecified atom stereocenters. The second-order valence-corrected chi connectivity index (χ2v) is 11.4. The third-order valence-electron chi connectivity index (χ3n) is 6.21. The van der Waals surface area contributed by atoms with Crippen molar-refractivity contribution < 1.29 is 32.2 Å². The molecular weight excluding hydrogens is 574 g/mol. The highest BCUT2D eigenvalue weighted by Crippen LogP contribution is 2.53. The third-order valence-corrected chi connectivity index (χ3v) is 8.61. The van der Waals surface area contributed by atoms with Crippen molar-refractivity contribution in [1.82, 2.24) is 4.31 Å². The van der Waals surface area contributed by atoms with Gasteiger partial charge in [0, 0.05) is 4.47 Å². The van der Waals surface area contributed by atoms with Gasteiger partial charge in [-0.2, -0.15) is 0 Å². The van der Waals surface area contributed by atoms with E-state index < -0.39 is 39.8 Å². The lowest BCUT2D eigenvalue weighted by atomic mass is 9.88. The zero-order chi connectivity index (χ0) is 27.5. The highest BCUT2D eigenvalue weighted by Gasteiger charge is 2.71. The van der Waals surface area contributed by atoms with Crippen molar-refractivity contribution in [3.8, 4) is 0 Å². The summed E-state index contributed by atoms with van der Waals surface area (Å²) >= 11 is 3.39. The predicted octanol–water partition coefficient (Wildman–Crippen LogP) is 5.08. The summed E-state index contributed by atoms with van der Waals surface area (Å²) < 4.78 is 47.6. The first-order valence-electron chi connectivity index (χ1n) is 12.1. The number of halogens is 1. The molecule has 1 saturated heterocycles. The fourth-order valence-corrected chi connectivity index (χ4v) is 6.49. The molecule has 0 saturated carbocycles. The second kappa shape index (κ2) is 11.4. The van der Waals surface area contributed by atoms with Crippen LogP contribution in [0.5, 0.6) is 0 Å². The maximum Gasteiger partial charge on any atom is 0.342 e. The number of hydrogen-bond donors (Lipinski definition) is 0. The van der Waals surface area contributed by atoms with Crippen LogP contribution in [0.15, 0.2) is 88.2 Å². The summed E-state index contributed by atoms with van der Waals surface area (Å²) in [6.07, 6.45) is -2.72. The Balaban J connectivity index is 2.08. The molecule has 1 fully saturated rings. The van der Waals surface area contributed by atoms with Crippen molar-refractivity contribution in [2.24, 2.45) is 0 Å². The summed E-state index contributed by atoms with van der Waals surface area (Å²) in [5, 5.41) is 0. The SMILES string of the molecule is CCOC(=O)C1(C(=O)OCC)[C@H](c2ccccc2)O[C@H](c2ccc(Br)cc2)N1S(=O)(=O)c1ccc(C)cc1. The molecule has 0 bridgehead atoms. The Morgan fingerprint density at radius 3 is 1.95 bits per heavy atom. The number of hydrogen-bond acceptors (Lipinski definition) is 7. The van der Waals surface area contributed by atoms with Gasteiger partial charge in [-0.25, -0.2) is 18.0 Å². The Hall–Kier alpha value is -3.05. The zero-order valence-corrected chi connectivity index (χ0v) is 23.6. The molecule has 0 radical (unpaired) electrons. The standard InChI is InChI=1S/C28H28BrNO7S/c1-4-35-26(31)28(27(32)36-5-2)24(20-9-7-6-8-10-20)37-25(21-13-15-22(29)16-14-21)30(28)38(33,34)23-17-11-19(3)12-18-23/h6-18,24-25H,4-5H2,1-3H3/t24-,25+/m0/s1. The van der Waals surface area contributed by atoms with E-state index in [4.69, 9.17) is 14.2 Å². The lowest BCUT2D eigenvalue weighted by molar-refractivity contribution is -0.172. The number of carbonyl (C=O) groups is 2. The molecule has 2 atom stereocenters. The summed E-state index contributed by atoms with van der Waals surface area (Å²) in [4.78, 5) is 27.7. The van der Waals surface area contributed by atoms with Crippen molar-refractivity contribution in [2.45, 2.75) is 43.5 Å². The van der Waals surface area contributed by atoms with Gasteiger partial charge in [0.15, 0.2) is 6.23 Å². The van der Waals surface area contributed by atoms with Crippen LogP contribution in [0.2, 0.25) is 0 Å². The number of nitrogens with zero attached hydrogens (tertiary/aromatic N) is 1. The Labute approximate surface area is 230 Å². The number of sulfonamides is 1. The smallest absolute Gasteiger partial charge is 0.342 e. The number of esters is 2. The van der Waals surface area contributed by atoms with Crippen LogP contribution >= 0.6 is 15.9 Å². The number of aryl methyl sites for hydroxylation is 1. The molecular formula is C28H28BrNO7S. The molecule has 4 rings (SSSR count). The monoisotopic (exact) mass is 601 g/mol.